The number of carbonyl (C=O) groups is 1. The first-order chi connectivity index (χ1) is 9.70. The average Bonchev–Trinajstić information content (AvgIpc) is 2.46. The van der Waals surface area contributed by atoms with E-state index in [1.165, 1.54) is 6.07 Å². The van der Waals surface area contributed by atoms with Gasteiger partial charge in [-0.15, -0.1) is 0 Å². The Morgan fingerprint density at radius 1 is 1.05 bits per heavy atom. The number of hydrogen-bond acceptors (Lipinski definition) is 5. The van der Waals surface area contributed by atoms with Crippen molar-refractivity contribution in [1.29, 1.82) is 0 Å². The number of ether oxygens (including phenoxy) is 1. The highest BCUT2D eigenvalue weighted by atomic mass is 16.6. The van der Waals surface area contributed by atoms with E-state index >= 15 is 0 Å². The molecule has 0 aromatic heterocycles. The normalized spacial score (nSPS) is 9.90. The minimum atomic E-state index is -1.98. The van der Waals surface area contributed by atoms with Gasteiger partial charge in [0, 0.05) is 0 Å². The second-order valence-electron chi connectivity index (χ2n) is 4.01. The van der Waals surface area contributed by atoms with Crippen molar-refractivity contribution >= 4 is 13.6 Å². The van der Waals surface area contributed by atoms with Crippen LogP contribution in [0, 0.1) is 0 Å². The molecule has 0 unspecified atom stereocenters. The molecule has 0 fully saturated rings. The molecule has 20 heavy (non-hydrogen) atoms. The zero-order chi connectivity index (χ0) is 14.4. The van der Waals surface area contributed by atoms with Crippen LogP contribution in [-0.4, -0.2) is 23.7 Å². The third-order valence-corrected chi connectivity index (χ3v) is 2.59. The molecule has 0 atom stereocenters. The van der Waals surface area contributed by atoms with Crippen molar-refractivity contribution in [2.45, 2.75) is 6.61 Å². The lowest BCUT2D eigenvalue weighted by molar-refractivity contribution is 0.111. The van der Waals surface area contributed by atoms with Crippen LogP contribution >= 0.6 is 0 Å². The van der Waals surface area contributed by atoms with Crippen LogP contribution in [0.5, 0.6) is 11.5 Å². The fourth-order valence-corrected chi connectivity index (χ4v) is 1.72. The number of para-hydroxylation sites is 1. The summed E-state index contributed by atoms with van der Waals surface area (Å²) in [6.45, 7) is 0.240. The fraction of sp³-hybridized carbons (Fsp3) is 0.0714. The molecule has 0 heterocycles. The van der Waals surface area contributed by atoms with Crippen molar-refractivity contribution in [1.82, 2.24) is 0 Å². The molecule has 2 N–H and O–H groups in total. The summed E-state index contributed by atoms with van der Waals surface area (Å²) in [5.41, 5.74) is 1.20. The number of rotatable bonds is 6. The van der Waals surface area contributed by atoms with E-state index in [-0.39, 0.29) is 23.7 Å². The number of benzene rings is 2. The van der Waals surface area contributed by atoms with Gasteiger partial charge in [-0.3, -0.25) is 4.79 Å². The lowest BCUT2D eigenvalue weighted by Gasteiger charge is -2.14. The van der Waals surface area contributed by atoms with Crippen LogP contribution in [-0.2, 0) is 6.61 Å². The van der Waals surface area contributed by atoms with Gasteiger partial charge in [-0.25, -0.2) is 0 Å². The van der Waals surface area contributed by atoms with Crippen molar-refractivity contribution in [3.8, 4) is 11.5 Å². The van der Waals surface area contributed by atoms with Crippen LogP contribution < -0.4 is 9.39 Å². The van der Waals surface area contributed by atoms with Crippen molar-refractivity contribution < 1.29 is 24.2 Å². The molecule has 5 nitrogen and oxygen atoms in total. The first-order valence-corrected chi connectivity index (χ1v) is 5.98. The zero-order valence-electron chi connectivity index (χ0n) is 10.6. The van der Waals surface area contributed by atoms with E-state index in [2.05, 4.69) is 0 Å². The van der Waals surface area contributed by atoms with E-state index in [0.29, 0.717) is 6.29 Å². The highest BCUT2D eigenvalue weighted by Crippen LogP contribution is 2.31. The van der Waals surface area contributed by atoms with Gasteiger partial charge in [0.05, 0.1) is 5.56 Å². The summed E-state index contributed by atoms with van der Waals surface area (Å²) in [4.78, 5) is 11.0. The summed E-state index contributed by atoms with van der Waals surface area (Å²) < 4.78 is 10.4. The molecule has 0 spiro atoms. The monoisotopic (exact) mass is 272 g/mol. The summed E-state index contributed by atoms with van der Waals surface area (Å²) in [5, 5.41) is 17.7. The highest BCUT2D eigenvalue weighted by molar-refractivity contribution is 6.33. The smallest absolute Gasteiger partial charge is 0.509 e. The number of carbonyl (C=O) groups excluding carboxylic acids is 1. The molecule has 2 aromatic rings. The molecule has 0 aliphatic heterocycles. The summed E-state index contributed by atoms with van der Waals surface area (Å²) in [6.07, 6.45) is 0.622. The van der Waals surface area contributed by atoms with Gasteiger partial charge in [0.25, 0.3) is 0 Å². The van der Waals surface area contributed by atoms with Crippen LogP contribution in [0.4, 0.5) is 0 Å². The van der Waals surface area contributed by atoms with Crippen molar-refractivity contribution in [3.05, 3.63) is 59.7 Å². The summed E-state index contributed by atoms with van der Waals surface area (Å²) in [6, 6.07) is 14.0. The molecule has 0 aliphatic rings. The van der Waals surface area contributed by atoms with Gasteiger partial charge in [0.15, 0.2) is 12.0 Å². The second-order valence-corrected chi connectivity index (χ2v) is 4.01. The molecular formula is C14H13BO5. The Balaban J connectivity index is 2.22. The first kappa shape index (κ1) is 14.1. The topological polar surface area (TPSA) is 76.0 Å². The first-order valence-electron chi connectivity index (χ1n) is 5.98. The van der Waals surface area contributed by atoms with Gasteiger partial charge >= 0.3 is 7.32 Å². The third kappa shape index (κ3) is 3.60. The molecular weight excluding hydrogens is 259 g/mol. The lowest BCUT2D eigenvalue weighted by atomic mass is 10.1. The molecule has 2 aromatic carbocycles. The molecule has 2 rings (SSSR count). The quantitative estimate of drug-likeness (QED) is 0.614. The summed E-state index contributed by atoms with van der Waals surface area (Å²) >= 11 is 0. The molecule has 0 aliphatic carbocycles. The molecule has 0 bridgehead atoms. The zero-order valence-corrected chi connectivity index (χ0v) is 10.6. The Kier molecular flexibility index (Phi) is 4.76. The predicted molar refractivity (Wildman–Crippen MR) is 73.4 cm³/mol. The van der Waals surface area contributed by atoms with Gasteiger partial charge in [0.1, 0.15) is 12.4 Å². The van der Waals surface area contributed by atoms with Crippen LogP contribution in [0.25, 0.3) is 0 Å². The molecule has 102 valence electrons. The Bertz CT molecular complexity index is 571. The highest BCUT2D eigenvalue weighted by Gasteiger charge is 2.17. The minimum Gasteiger partial charge on any atom is -0.509 e. The molecule has 0 saturated heterocycles. The summed E-state index contributed by atoms with van der Waals surface area (Å²) in [5.74, 6) is 0.278. The van der Waals surface area contributed by atoms with E-state index in [4.69, 9.17) is 19.4 Å². The molecule has 6 heteroatoms. The molecule has 0 amide bonds. The van der Waals surface area contributed by atoms with Gasteiger partial charge < -0.3 is 19.4 Å². The molecule has 0 saturated carbocycles. The van der Waals surface area contributed by atoms with Crippen molar-refractivity contribution in [2.24, 2.45) is 0 Å². The standard InChI is InChI=1S/C14H13BO5/c16-9-12-7-4-8-13(20-15(17)18)14(12)19-10-11-5-2-1-3-6-11/h1-9,17-18H,10H2. The molecule has 0 radical (unpaired) electrons. The lowest BCUT2D eigenvalue weighted by Crippen LogP contribution is -2.21. The van der Waals surface area contributed by atoms with Crippen LogP contribution in [0.15, 0.2) is 48.5 Å². The predicted octanol–water partition coefficient (Wildman–Crippen LogP) is 1.43. The van der Waals surface area contributed by atoms with Gasteiger partial charge in [-0.1, -0.05) is 36.4 Å². The SMILES string of the molecule is O=Cc1cccc(OB(O)O)c1OCc1ccccc1. The van der Waals surface area contributed by atoms with Gasteiger partial charge in [-0.2, -0.15) is 0 Å². The second kappa shape index (κ2) is 6.74. The van der Waals surface area contributed by atoms with E-state index < -0.39 is 7.32 Å². The Hall–Kier alpha value is -2.31. The number of aldehydes is 1. The largest absolute Gasteiger partial charge is 0.707 e. The maximum Gasteiger partial charge on any atom is 0.707 e. The van der Waals surface area contributed by atoms with Crippen molar-refractivity contribution in [3.63, 3.8) is 0 Å². The third-order valence-electron chi connectivity index (χ3n) is 2.59. The summed E-state index contributed by atoms with van der Waals surface area (Å²) in [7, 11) is -1.98. The van der Waals surface area contributed by atoms with Gasteiger partial charge in [-0.05, 0) is 17.7 Å². The Morgan fingerprint density at radius 3 is 2.45 bits per heavy atom. The maximum atomic E-state index is 11.0. The van der Waals surface area contributed by atoms with E-state index in [1.54, 1.807) is 12.1 Å². The fourth-order valence-electron chi connectivity index (χ4n) is 1.72. The number of hydrogen-bond donors (Lipinski definition) is 2. The Labute approximate surface area is 116 Å². The van der Waals surface area contributed by atoms with Crippen LogP contribution in [0.3, 0.4) is 0 Å². The Morgan fingerprint density at radius 2 is 1.80 bits per heavy atom. The van der Waals surface area contributed by atoms with E-state index in [0.717, 1.165) is 5.56 Å². The average molecular weight is 272 g/mol. The van der Waals surface area contributed by atoms with Crippen molar-refractivity contribution in [2.75, 3.05) is 0 Å². The van der Waals surface area contributed by atoms with E-state index in [9.17, 15) is 4.79 Å². The minimum absolute atomic E-state index is 0.0977. The van der Waals surface area contributed by atoms with Gasteiger partial charge in [0.2, 0.25) is 0 Å². The maximum absolute atomic E-state index is 11.0. The van der Waals surface area contributed by atoms with E-state index in [1.807, 2.05) is 30.3 Å². The van der Waals surface area contributed by atoms with Crippen LogP contribution in [0.1, 0.15) is 15.9 Å². The van der Waals surface area contributed by atoms with Crippen LogP contribution in [0.2, 0.25) is 0 Å².